The lowest BCUT2D eigenvalue weighted by Crippen LogP contribution is -2.26. The summed E-state index contributed by atoms with van der Waals surface area (Å²) in [5, 5.41) is 3.01. The molecule has 0 aliphatic heterocycles. The number of aryl methyl sites for hydroxylation is 1. The van der Waals surface area contributed by atoms with Crippen LogP contribution in [0, 0.1) is 19.8 Å². The predicted octanol–water partition coefficient (Wildman–Crippen LogP) is 3.14. The Morgan fingerprint density at radius 1 is 1.20 bits per heavy atom. The number of ether oxygens (including phenoxy) is 2. The van der Waals surface area contributed by atoms with Crippen LogP contribution in [-0.4, -0.2) is 25.1 Å². The minimum atomic E-state index is 0.0426. The zero-order valence-corrected chi connectivity index (χ0v) is 15.1. The number of hydrogen-bond acceptors (Lipinski definition) is 4. The number of methoxy groups -OCH3 is 2. The molecule has 1 saturated carbocycles. The highest BCUT2D eigenvalue weighted by molar-refractivity contribution is 5.82. The van der Waals surface area contributed by atoms with Crippen LogP contribution in [0.15, 0.2) is 30.5 Å². The molecular weight excluding hydrogens is 316 g/mol. The molecule has 5 heteroatoms. The number of nitrogens with zero attached hydrogens (tertiary/aromatic N) is 1. The highest BCUT2D eigenvalue weighted by Gasteiger charge is 2.43. The van der Waals surface area contributed by atoms with Gasteiger partial charge in [0.2, 0.25) is 5.91 Å². The summed E-state index contributed by atoms with van der Waals surface area (Å²) in [6.45, 7) is 4.36. The molecule has 1 aromatic carbocycles. The largest absolute Gasteiger partial charge is 0.497 e. The molecule has 3 rings (SSSR count). The van der Waals surface area contributed by atoms with E-state index >= 15 is 0 Å². The molecular formula is C20H24N2O3. The quantitative estimate of drug-likeness (QED) is 0.878. The number of carbonyl (C=O) groups excluding carboxylic acids is 1. The van der Waals surface area contributed by atoms with Crippen LogP contribution in [0.4, 0.5) is 0 Å². The van der Waals surface area contributed by atoms with E-state index in [9.17, 15) is 4.79 Å². The third kappa shape index (κ3) is 3.60. The Bertz CT molecular complexity index is 771. The molecule has 1 fully saturated rings. The van der Waals surface area contributed by atoms with Gasteiger partial charge in [0.25, 0.3) is 0 Å². The van der Waals surface area contributed by atoms with Crippen molar-refractivity contribution in [3.63, 3.8) is 0 Å². The SMILES string of the molecule is COc1ccc([C@@H]2C[C@@H]2C(=O)NCc2ncc(C)c(OC)c2C)cc1. The molecule has 25 heavy (non-hydrogen) atoms. The second-order valence-electron chi connectivity index (χ2n) is 6.49. The van der Waals surface area contributed by atoms with Gasteiger partial charge in [0.1, 0.15) is 11.5 Å². The highest BCUT2D eigenvalue weighted by atomic mass is 16.5. The lowest BCUT2D eigenvalue weighted by atomic mass is 10.1. The van der Waals surface area contributed by atoms with Gasteiger partial charge in [-0.25, -0.2) is 0 Å². The standard InChI is InChI=1S/C20H24N2O3/c1-12-10-21-18(13(2)19(12)25-4)11-22-20(23)17-9-16(17)14-5-7-15(24-3)8-6-14/h5-8,10,16-17H,9,11H2,1-4H3,(H,22,23)/t16-,17-/m0/s1. The Morgan fingerprint density at radius 2 is 1.92 bits per heavy atom. The van der Waals surface area contributed by atoms with Crippen LogP contribution in [0.2, 0.25) is 0 Å². The normalized spacial score (nSPS) is 18.6. The topological polar surface area (TPSA) is 60.5 Å². The van der Waals surface area contributed by atoms with Crippen molar-refractivity contribution < 1.29 is 14.3 Å². The summed E-state index contributed by atoms with van der Waals surface area (Å²) in [6, 6.07) is 7.95. The van der Waals surface area contributed by atoms with Crippen molar-refractivity contribution in [1.82, 2.24) is 10.3 Å². The summed E-state index contributed by atoms with van der Waals surface area (Å²) in [4.78, 5) is 16.8. The van der Waals surface area contributed by atoms with Crippen molar-refractivity contribution in [2.45, 2.75) is 32.7 Å². The fourth-order valence-corrected chi connectivity index (χ4v) is 3.26. The third-order valence-corrected chi connectivity index (χ3v) is 4.85. The number of benzene rings is 1. The third-order valence-electron chi connectivity index (χ3n) is 4.85. The van der Waals surface area contributed by atoms with Crippen LogP contribution >= 0.6 is 0 Å². The second kappa shape index (κ2) is 7.13. The van der Waals surface area contributed by atoms with Gasteiger partial charge in [0, 0.05) is 23.2 Å². The van der Waals surface area contributed by atoms with Crippen LogP contribution in [-0.2, 0) is 11.3 Å². The van der Waals surface area contributed by atoms with Gasteiger partial charge in [-0.15, -0.1) is 0 Å². The van der Waals surface area contributed by atoms with Gasteiger partial charge < -0.3 is 14.8 Å². The highest BCUT2D eigenvalue weighted by Crippen LogP contribution is 2.47. The molecule has 1 aliphatic carbocycles. The Labute approximate surface area is 148 Å². The summed E-state index contributed by atoms with van der Waals surface area (Å²) in [5.41, 5.74) is 4.01. The fourth-order valence-electron chi connectivity index (χ4n) is 3.26. The summed E-state index contributed by atoms with van der Waals surface area (Å²) >= 11 is 0. The van der Waals surface area contributed by atoms with Crippen LogP contribution in [0.5, 0.6) is 11.5 Å². The van der Waals surface area contributed by atoms with E-state index in [-0.39, 0.29) is 11.8 Å². The molecule has 1 amide bonds. The van der Waals surface area contributed by atoms with Gasteiger partial charge in [0.15, 0.2) is 0 Å². The molecule has 0 bridgehead atoms. The maximum Gasteiger partial charge on any atom is 0.224 e. The van der Waals surface area contributed by atoms with E-state index in [1.165, 1.54) is 5.56 Å². The molecule has 1 aliphatic rings. The van der Waals surface area contributed by atoms with E-state index in [4.69, 9.17) is 9.47 Å². The Morgan fingerprint density at radius 3 is 2.56 bits per heavy atom. The second-order valence-corrected chi connectivity index (χ2v) is 6.49. The first-order valence-electron chi connectivity index (χ1n) is 8.46. The van der Waals surface area contributed by atoms with Gasteiger partial charge in [0.05, 0.1) is 26.5 Å². The van der Waals surface area contributed by atoms with E-state index in [0.717, 1.165) is 34.7 Å². The zero-order valence-electron chi connectivity index (χ0n) is 15.1. The van der Waals surface area contributed by atoms with E-state index in [1.54, 1.807) is 20.4 Å². The molecule has 1 N–H and O–H groups in total. The van der Waals surface area contributed by atoms with Gasteiger partial charge in [-0.05, 0) is 43.9 Å². The number of carbonyl (C=O) groups is 1. The monoisotopic (exact) mass is 340 g/mol. The zero-order chi connectivity index (χ0) is 18.0. The molecule has 1 heterocycles. The number of hydrogen-bond donors (Lipinski definition) is 1. The van der Waals surface area contributed by atoms with Gasteiger partial charge in [-0.3, -0.25) is 9.78 Å². The lowest BCUT2D eigenvalue weighted by Gasteiger charge is -2.13. The van der Waals surface area contributed by atoms with Crippen molar-refractivity contribution in [3.8, 4) is 11.5 Å². The van der Waals surface area contributed by atoms with E-state index in [1.807, 2.05) is 38.1 Å². The smallest absolute Gasteiger partial charge is 0.224 e. The molecule has 2 aromatic rings. The molecule has 2 atom stereocenters. The molecule has 132 valence electrons. The number of pyridine rings is 1. The van der Waals surface area contributed by atoms with Crippen LogP contribution in [0.3, 0.4) is 0 Å². The molecule has 0 spiro atoms. The predicted molar refractivity (Wildman–Crippen MR) is 96.0 cm³/mol. The number of amides is 1. The van der Waals surface area contributed by atoms with E-state index in [2.05, 4.69) is 10.3 Å². The van der Waals surface area contributed by atoms with Crippen molar-refractivity contribution in [1.29, 1.82) is 0 Å². The maximum atomic E-state index is 12.4. The van der Waals surface area contributed by atoms with Gasteiger partial charge in [-0.1, -0.05) is 12.1 Å². The van der Waals surface area contributed by atoms with Crippen molar-refractivity contribution >= 4 is 5.91 Å². The molecule has 0 unspecified atom stereocenters. The first-order valence-corrected chi connectivity index (χ1v) is 8.46. The number of nitrogens with one attached hydrogen (secondary N) is 1. The van der Waals surface area contributed by atoms with Crippen molar-refractivity contribution in [2.75, 3.05) is 14.2 Å². The fraction of sp³-hybridized carbons (Fsp3) is 0.400. The van der Waals surface area contributed by atoms with Crippen LogP contribution in [0.25, 0.3) is 0 Å². The first-order chi connectivity index (χ1) is 12.0. The summed E-state index contributed by atoms with van der Waals surface area (Å²) < 4.78 is 10.6. The minimum absolute atomic E-state index is 0.0426. The molecule has 5 nitrogen and oxygen atoms in total. The molecule has 0 radical (unpaired) electrons. The van der Waals surface area contributed by atoms with Gasteiger partial charge in [-0.2, -0.15) is 0 Å². The lowest BCUT2D eigenvalue weighted by molar-refractivity contribution is -0.122. The number of rotatable bonds is 6. The van der Waals surface area contributed by atoms with Crippen LogP contribution < -0.4 is 14.8 Å². The van der Waals surface area contributed by atoms with E-state index < -0.39 is 0 Å². The minimum Gasteiger partial charge on any atom is -0.497 e. The molecule has 0 saturated heterocycles. The number of aromatic nitrogens is 1. The Balaban J connectivity index is 1.59. The van der Waals surface area contributed by atoms with Gasteiger partial charge >= 0.3 is 0 Å². The summed E-state index contributed by atoms with van der Waals surface area (Å²) in [5.74, 6) is 2.09. The summed E-state index contributed by atoms with van der Waals surface area (Å²) in [6.07, 6.45) is 2.67. The Hall–Kier alpha value is -2.56. The maximum absolute atomic E-state index is 12.4. The van der Waals surface area contributed by atoms with Crippen molar-refractivity contribution in [3.05, 3.63) is 52.8 Å². The Kier molecular flexibility index (Phi) is 4.93. The van der Waals surface area contributed by atoms with Crippen molar-refractivity contribution in [2.24, 2.45) is 5.92 Å². The first kappa shape index (κ1) is 17.3. The molecule has 1 aromatic heterocycles. The summed E-state index contributed by atoms with van der Waals surface area (Å²) in [7, 11) is 3.31. The average Bonchev–Trinajstić information content (AvgIpc) is 3.42. The van der Waals surface area contributed by atoms with Crippen LogP contribution in [0.1, 0.15) is 34.7 Å². The van der Waals surface area contributed by atoms with E-state index in [0.29, 0.717) is 12.5 Å². The average molecular weight is 340 g/mol.